The first-order chi connectivity index (χ1) is 11.7. The second-order valence-electron chi connectivity index (χ2n) is 5.38. The molecule has 5 nitrogen and oxygen atoms in total. The number of hydrogen-bond acceptors (Lipinski definition) is 5. The number of nitrogens with one attached hydrogen (secondary N) is 2. The number of rotatable bonds is 4. The SMILES string of the molecule is Cc1nc(-c2cccs2)c(CC(=O)Nc2ccc3cn[nH]c3c2)s1. The fraction of sp³-hybridized carbons (Fsp3) is 0.118. The normalized spacial score (nSPS) is 11.0. The van der Waals surface area contributed by atoms with Gasteiger partial charge in [-0.15, -0.1) is 22.7 Å². The Labute approximate surface area is 146 Å². The number of thiazole rings is 1. The lowest BCUT2D eigenvalue weighted by Crippen LogP contribution is -2.14. The highest BCUT2D eigenvalue weighted by Gasteiger charge is 2.15. The monoisotopic (exact) mass is 354 g/mol. The maximum absolute atomic E-state index is 12.4. The molecule has 0 bridgehead atoms. The predicted molar refractivity (Wildman–Crippen MR) is 98.6 cm³/mol. The lowest BCUT2D eigenvalue weighted by molar-refractivity contribution is -0.115. The van der Waals surface area contributed by atoms with Crippen molar-refractivity contribution in [3.63, 3.8) is 0 Å². The van der Waals surface area contributed by atoms with Crippen molar-refractivity contribution in [2.24, 2.45) is 0 Å². The quantitative estimate of drug-likeness (QED) is 0.576. The first-order valence-electron chi connectivity index (χ1n) is 7.42. The van der Waals surface area contributed by atoms with Gasteiger partial charge in [0.15, 0.2) is 0 Å². The van der Waals surface area contributed by atoms with Crippen molar-refractivity contribution < 1.29 is 4.79 Å². The number of aryl methyl sites for hydroxylation is 1. The summed E-state index contributed by atoms with van der Waals surface area (Å²) in [5.41, 5.74) is 2.59. The minimum absolute atomic E-state index is 0.0460. The number of carbonyl (C=O) groups is 1. The number of amides is 1. The molecule has 3 heterocycles. The summed E-state index contributed by atoms with van der Waals surface area (Å²) < 4.78 is 0. The van der Waals surface area contributed by atoms with Crippen molar-refractivity contribution in [3.8, 4) is 10.6 Å². The number of carbonyl (C=O) groups excluding carboxylic acids is 1. The summed E-state index contributed by atoms with van der Waals surface area (Å²) in [7, 11) is 0. The third kappa shape index (κ3) is 2.95. The smallest absolute Gasteiger partial charge is 0.229 e. The topological polar surface area (TPSA) is 70.7 Å². The Morgan fingerprint density at radius 1 is 1.33 bits per heavy atom. The van der Waals surface area contributed by atoms with E-state index in [9.17, 15) is 4.79 Å². The van der Waals surface area contributed by atoms with E-state index >= 15 is 0 Å². The molecule has 0 radical (unpaired) electrons. The molecule has 1 amide bonds. The number of H-pyrrole nitrogens is 1. The summed E-state index contributed by atoms with van der Waals surface area (Å²) >= 11 is 3.21. The summed E-state index contributed by atoms with van der Waals surface area (Å²) in [5, 5.41) is 13.9. The van der Waals surface area contributed by atoms with Crippen molar-refractivity contribution in [2.45, 2.75) is 13.3 Å². The number of aromatic amines is 1. The van der Waals surface area contributed by atoms with E-state index < -0.39 is 0 Å². The molecule has 7 heteroatoms. The van der Waals surface area contributed by atoms with Crippen LogP contribution in [-0.4, -0.2) is 21.1 Å². The molecule has 0 aliphatic rings. The third-order valence-electron chi connectivity index (χ3n) is 3.61. The molecule has 120 valence electrons. The summed E-state index contributed by atoms with van der Waals surface area (Å²) in [4.78, 5) is 19.1. The van der Waals surface area contributed by atoms with Crippen molar-refractivity contribution >= 4 is 45.2 Å². The predicted octanol–water partition coefficient (Wildman–Crippen LogP) is 4.24. The van der Waals surface area contributed by atoms with Crippen LogP contribution in [0.4, 0.5) is 5.69 Å². The van der Waals surface area contributed by atoms with Crippen LogP contribution in [0.15, 0.2) is 41.9 Å². The standard InChI is InChI=1S/C17H14N4OS2/c1-10-19-17(14-3-2-6-23-14)15(24-10)8-16(22)20-12-5-4-11-9-18-21-13(11)7-12/h2-7,9H,8H2,1H3,(H,18,21)(H,20,22). The molecule has 4 rings (SSSR count). The van der Waals surface area contributed by atoms with E-state index in [1.165, 1.54) is 0 Å². The van der Waals surface area contributed by atoms with E-state index in [2.05, 4.69) is 20.5 Å². The van der Waals surface area contributed by atoms with E-state index in [0.717, 1.165) is 37.0 Å². The average Bonchev–Trinajstić information content (AvgIpc) is 3.27. The van der Waals surface area contributed by atoms with Gasteiger partial charge in [-0.2, -0.15) is 5.10 Å². The van der Waals surface area contributed by atoms with Gasteiger partial charge in [-0.3, -0.25) is 9.89 Å². The average molecular weight is 354 g/mol. The Hall–Kier alpha value is -2.51. The number of aromatic nitrogens is 3. The first kappa shape index (κ1) is 15.0. The van der Waals surface area contributed by atoms with Gasteiger partial charge in [-0.25, -0.2) is 4.98 Å². The second kappa shape index (κ2) is 6.18. The molecule has 0 fully saturated rings. The molecule has 3 aromatic heterocycles. The molecule has 1 aromatic carbocycles. The molecule has 0 saturated carbocycles. The lowest BCUT2D eigenvalue weighted by atomic mass is 10.2. The van der Waals surface area contributed by atoms with E-state index in [0.29, 0.717) is 6.42 Å². The Balaban J connectivity index is 1.54. The number of benzene rings is 1. The van der Waals surface area contributed by atoms with Crippen molar-refractivity contribution in [2.75, 3.05) is 5.32 Å². The largest absolute Gasteiger partial charge is 0.326 e. The zero-order chi connectivity index (χ0) is 16.5. The zero-order valence-corrected chi connectivity index (χ0v) is 14.5. The molecule has 0 aliphatic heterocycles. The van der Waals surface area contributed by atoms with Crippen LogP contribution in [0.2, 0.25) is 0 Å². The van der Waals surface area contributed by atoms with Gasteiger partial charge in [0.25, 0.3) is 0 Å². The number of anilines is 1. The van der Waals surface area contributed by atoms with E-state index in [4.69, 9.17) is 0 Å². The Kier molecular flexibility index (Phi) is 3.87. The minimum atomic E-state index is -0.0460. The Morgan fingerprint density at radius 2 is 2.25 bits per heavy atom. The minimum Gasteiger partial charge on any atom is -0.326 e. The second-order valence-corrected chi connectivity index (χ2v) is 7.61. The molecular formula is C17H14N4OS2. The van der Waals surface area contributed by atoms with Gasteiger partial charge in [0.05, 0.1) is 33.7 Å². The molecule has 0 atom stereocenters. The molecule has 24 heavy (non-hydrogen) atoms. The van der Waals surface area contributed by atoms with Crippen LogP contribution in [-0.2, 0) is 11.2 Å². The van der Waals surface area contributed by atoms with Crippen molar-refractivity contribution in [1.82, 2.24) is 15.2 Å². The van der Waals surface area contributed by atoms with Gasteiger partial charge in [0.2, 0.25) is 5.91 Å². The van der Waals surface area contributed by atoms with Gasteiger partial charge in [0.1, 0.15) is 0 Å². The fourth-order valence-corrected chi connectivity index (χ4v) is 4.32. The van der Waals surface area contributed by atoms with Crippen LogP contribution < -0.4 is 5.32 Å². The van der Waals surface area contributed by atoms with E-state index in [1.54, 1.807) is 28.9 Å². The highest BCUT2D eigenvalue weighted by atomic mass is 32.1. The van der Waals surface area contributed by atoms with Crippen LogP contribution >= 0.6 is 22.7 Å². The molecule has 0 unspecified atom stereocenters. The van der Waals surface area contributed by atoms with E-state index in [1.807, 2.05) is 42.6 Å². The maximum atomic E-state index is 12.4. The number of nitrogens with zero attached hydrogens (tertiary/aromatic N) is 2. The van der Waals surface area contributed by atoms with E-state index in [-0.39, 0.29) is 5.91 Å². The van der Waals surface area contributed by atoms with Crippen LogP contribution in [0.3, 0.4) is 0 Å². The molecule has 4 aromatic rings. The molecule has 0 spiro atoms. The van der Waals surface area contributed by atoms with Crippen molar-refractivity contribution in [3.05, 3.63) is 51.8 Å². The molecule has 0 saturated heterocycles. The molecular weight excluding hydrogens is 340 g/mol. The van der Waals surface area contributed by atoms with Crippen LogP contribution in [0, 0.1) is 6.92 Å². The van der Waals surface area contributed by atoms with Crippen LogP contribution in [0.1, 0.15) is 9.88 Å². The fourth-order valence-electron chi connectivity index (χ4n) is 2.56. The Bertz CT molecular complexity index is 1000. The lowest BCUT2D eigenvalue weighted by Gasteiger charge is -2.05. The van der Waals surface area contributed by atoms with Crippen molar-refractivity contribution in [1.29, 1.82) is 0 Å². The summed E-state index contributed by atoms with van der Waals surface area (Å²) in [5.74, 6) is -0.0460. The Morgan fingerprint density at radius 3 is 3.08 bits per heavy atom. The molecule has 0 aliphatic carbocycles. The summed E-state index contributed by atoms with van der Waals surface area (Å²) in [6.07, 6.45) is 2.08. The third-order valence-corrected chi connectivity index (χ3v) is 5.45. The zero-order valence-electron chi connectivity index (χ0n) is 12.9. The number of thiophene rings is 1. The van der Waals surface area contributed by atoms with Gasteiger partial charge in [0, 0.05) is 16.0 Å². The molecule has 2 N–H and O–H groups in total. The highest BCUT2D eigenvalue weighted by molar-refractivity contribution is 7.15. The highest BCUT2D eigenvalue weighted by Crippen LogP contribution is 2.31. The number of hydrogen-bond donors (Lipinski definition) is 2. The number of fused-ring (bicyclic) bond motifs is 1. The van der Waals surface area contributed by atoms with Gasteiger partial charge in [-0.1, -0.05) is 6.07 Å². The summed E-state index contributed by atoms with van der Waals surface area (Å²) in [6, 6.07) is 9.74. The van der Waals surface area contributed by atoms with Gasteiger partial charge < -0.3 is 5.32 Å². The summed E-state index contributed by atoms with van der Waals surface area (Å²) in [6.45, 7) is 1.97. The van der Waals surface area contributed by atoms with Gasteiger partial charge in [-0.05, 0) is 36.6 Å². The first-order valence-corrected chi connectivity index (χ1v) is 9.12. The maximum Gasteiger partial charge on any atom is 0.229 e. The van der Waals surface area contributed by atoms with Crippen LogP contribution in [0.25, 0.3) is 21.5 Å². The van der Waals surface area contributed by atoms with Crippen LogP contribution in [0.5, 0.6) is 0 Å². The van der Waals surface area contributed by atoms with Gasteiger partial charge >= 0.3 is 0 Å².